The maximum atomic E-state index is 12.4. The average Bonchev–Trinajstić information content (AvgIpc) is 2.49. The quantitative estimate of drug-likeness (QED) is 0.900. The molecule has 2 rings (SSSR count). The summed E-state index contributed by atoms with van der Waals surface area (Å²) in [6.07, 6.45) is 2.17. The molecule has 1 amide bonds. The molecule has 1 fully saturated rings. The van der Waals surface area contributed by atoms with Gasteiger partial charge in [-0.2, -0.15) is 0 Å². The third-order valence-corrected chi connectivity index (χ3v) is 3.77. The number of hydrogen-bond donors (Lipinski definition) is 1. The first kappa shape index (κ1) is 15.5. The van der Waals surface area contributed by atoms with Crippen LogP contribution < -0.4 is 0 Å². The summed E-state index contributed by atoms with van der Waals surface area (Å²) in [6.45, 7) is 3.96. The van der Waals surface area contributed by atoms with E-state index in [4.69, 9.17) is 9.84 Å². The van der Waals surface area contributed by atoms with Gasteiger partial charge in [0.25, 0.3) is 0 Å². The molecular weight excluding hydrogens is 270 g/mol. The number of carbonyl (C=O) groups is 2. The van der Waals surface area contributed by atoms with Crippen LogP contribution >= 0.6 is 0 Å². The van der Waals surface area contributed by atoms with Gasteiger partial charge in [0.1, 0.15) is 0 Å². The highest BCUT2D eigenvalue weighted by Gasteiger charge is 2.24. The first-order chi connectivity index (χ1) is 10.1. The number of benzene rings is 1. The molecule has 1 heterocycles. The Labute approximate surface area is 124 Å². The molecule has 21 heavy (non-hydrogen) atoms. The van der Waals surface area contributed by atoms with E-state index in [9.17, 15) is 9.59 Å². The Morgan fingerprint density at radius 2 is 2.24 bits per heavy atom. The molecule has 0 spiro atoms. The molecule has 1 unspecified atom stereocenters. The molecule has 1 aliphatic rings. The average molecular weight is 291 g/mol. The smallest absolute Gasteiger partial charge is 0.335 e. The van der Waals surface area contributed by atoms with Crippen LogP contribution in [0.3, 0.4) is 0 Å². The number of carboxylic acids is 1. The van der Waals surface area contributed by atoms with Gasteiger partial charge in [-0.3, -0.25) is 4.79 Å². The molecule has 0 radical (unpaired) electrons. The first-order valence-electron chi connectivity index (χ1n) is 7.31. The van der Waals surface area contributed by atoms with Crippen molar-refractivity contribution < 1.29 is 19.4 Å². The van der Waals surface area contributed by atoms with Gasteiger partial charge >= 0.3 is 5.97 Å². The molecule has 1 atom stereocenters. The molecule has 114 valence electrons. The summed E-state index contributed by atoms with van der Waals surface area (Å²) in [6, 6.07) is 6.69. The van der Waals surface area contributed by atoms with Crippen molar-refractivity contribution in [3.8, 4) is 0 Å². The molecule has 1 aliphatic heterocycles. The second-order valence-corrected chi connectivity index (χ2v) is 5.23. The Balaban J connectivity index is 2.04. The zero-order valence-corrected chi connectivity index (χ0v) is 12.2. The van der Waals surface area contributed by atoms with Crippen LogP contribution in [-0.4, -0.2) is 47.7 Å². The van der Waals surface area contributed by atoms with Gasteiger partial charge in [-0.15, -0.1) is 0 Å². The van der Waals surface area contributed by atoms with Crippen molar-refractivity contribution >= 4 is 11.9 Å². The highest BCUT2D eigenvalue weighted by molar-refractivity contribution is 5.88. The van der Waals surface area contributed by atoms with E-state index >= 15 is 0 Å². The summed E-state index contributed by atoms with van der Waals surface area (Å²) in [5, 5.41) is 8.99. The Morgan fingerprint density at radius 3 is 2.86 bits per heavy atom. The van der Waals surface area contributed by atoms with E-state index in [1.54, 1.807) is 18.2 Å². The zero-order valence-electron chi connectivity index (χ0n) is 12.2. The highest BCUT2D eigenvalue weighted by Crippen LogP contribution is 2.15. The summed E-state index contributed by atoms with van der Waals surface area (Å²) in [7, 11) is 0. The van der Waals surface area contributed by atoms with Crippen molar-refractivity contribution in [2.45, 2.75) is 32.2 Å². The van der Waals surface area contributed by atoms with Crippen molar-refractivity contribution in [1.82, 2.24) is 4.90 Å². The number of ether oxygens (including phenoxy) is 1. The second kappa shape index (κ2) is 7.22. The predicted molar refractivity (Wildman–Crippen MR) is 78.3 cm³/mol. The van der Waals surface area contributed by atoms with Crippen molar-refractivity contribution in [2.24, 2.45) is 0 Å². The largest absolute Gasteiger partial charge is 0.478 e. The maximum absolute atomic E-state index is 12.4. The predicted octanol–water partition coefficient (Wildman–Crippen LogP) is 1.95. The lowest BCUT2D eigenvalue weighted by Crippen LogP contribution is -2.45. The number of carboxylic acid groups (broad SMARTS) is 1. The molecule has 1 aromatic carbocycles. The van der Waals surface area contributed by atoms with Gasteiger partial charge < -0.3 is 14.7 Å². The Hall–Kier alpha value is -1.88. The van der Waals surface area contributed by atoms with Crippen molar-refractivity contribution in [3.05, 3.63) is 35.4 Å². The van der Waals surface area contributed by atoms with E-state index in [2.05, 4.69) is 0 Å². The summed E-state index contributed by atoms with van der Waals surface area (Å²) >= 11 is 0. The summed E-state index contributed by atoms with van der Waals surface area (Å²) in [4.78, 5) is 25.3. The topological polar surface area (TPSA) is 66.8 Å². The third-order valence-electron chi connectivity index (χ3n) is 3.77. The van der Waals surface area contributed by atoms with E-state index in [0.717, 1.165) is 25.0 Å². The van der Waals surface area contributed by atoms with E-state index < -0.39 is 5.97 Å². The van der Waals surface area contributed by atoms with E-state index in [1.165, 1.54) is 6.07 Å². The fraction of sp³-hybridized carbons (Fsp3) is 0.500. The lowest BCUT2D eigenvalue weighted by atomic mass is 10.0. The number of amides is 1. The zero-order chi connectivity index (χ0) is 15.2. The number of nitrogens with zero attached hydrogens (tertiary/aromatic N) is 1. The third kappa shape index (κ3) is 4.04. The maximum Gasteiger partial charge on any atom is 0.335 e. The fourth-order valence-electron chi connectivity index (χ4n) is 2.70. The summed E-state index contributed by atoms with van der Waals surface area (Å²) in [5.74, 6) is -0.951. The van der Waals surface area contributed by atoms with Crippen LogP contribution in [0.2, 0.25) is 0 Å². The summed E-state index contributed by atoms with van der Waals surface area (Å²) < 4.78 is 5.44. The Morgan fingerprint density at radius 1 is 1.43 bits per heavy atom. The summed E-state index contributed by atoms with van der Waals surface area (Å²) in [5.41, 5.74) is 0.944. The fourth-order valence-corrected chi connectivity index (χ4v) is 2.70. The molecule has 0 aliphatic carbocycles. The molecule has 1 aromatic rings. The van der Waals surface area contributed by atoms with E-state index in [0.29, 0.717) is 13.2 Å². The SMILES string of the molecule is CCN(C(=O)Cc1cccc(C(=O)O)c1)C1CCCOC1. The number of aromatic carboxylic acids is 1. The molecule has 0 bridgehead atoms. The molecule has 5 nitrogen and oxygen atoms in total. The van der Waals surface area contributed by atoms with Crippen LogP contribution in [0.5, 0.6) is 0 Å². The molecule has 1 saturated heterocycles. The monoisotopic (exact) mass is 291 g/mol. The molecule has 1 N–H and O–H groups in total. The van der Waals surface area contributed by atoms with Crippen molar-refractivity contribution in [3.63, 3.8) is 0 Å². The van der Waals surface area contributed by atoms with Gasteiger partial charge in [0.15, 0.2) is 0 Å². The van der Waals surface area contributed by atoms with Crippen molar-refractivity contribution in [1.29, 1.82) is 0 Å². The number of likely N-dealkylation sites (N-methyl/N-ethyl adjacent to an activating group) is 1. The Bertz CT molecular complexity index is 509. The first-order valence-corrected chi connectivity index (χ1v) is 7.31. The Kier molecular flexibility index (Phi) is 5.33. The van der Waals surface area contributed by atoms with Crippen LogP contribution in [0.1, 0.15) is 35.7 Å². The second-order valence-electron chi connectivity index (χ2n) is 5.23. The van der Waals surface area contributed by atoms with Crippen LogP contribution in [0.15, 0.2) is 24.3 Å². The van der Waals surface area contributed by atoms with Gasteiger partial charge in [0.2, 0.25) is 5.91 Å². The number of hydrogen-bond acceptors (Lipinski definition) is 3. The lowest BCUT2D eigenvalue weighted by Gasteiger charge is -2.33. The minimum absolute atomic E-state index is 0.0236. The van der Waals surface area contributed by atoms with E-state index in [-0.39, 0.29) is 23.9 Å². The van der Waals surface area contributed by atoms with E-state index in [1.807, 2.05) is 11.8 Å². The normalized spacial score (nSPS) is 18.2. The minimum Gasteiger partial charge on any atom is -0.478 e. The lowest BCUT2D eigenvalue weighted by molar-refractivity contribution is -0.135. The van der Waals surface area contributed by atoms with Gasteiger partial charge in [-0.25, -0.2) is 4.79 Å². The molecule has 0 saturated carbocycles. The van der Waals surface area contributed by atoms with Crippen LogP contribution in [0.4, 0.5) is 0 Å². The van der Waals surface area contributed by atoms with Gasteiger partial charge in [0, 0.05) is 13.2 Å². The van der Waals surface area contributed by atoms with Gasteiger partial charge in [-0.1, -0.05) is 12.1 Å². The molecular formula is C16H21NO4. The van der Waals surface area contributed by atoms with Crippen LogP contribution in [0.25, 0.3) is 0 Å². The highest BCUT2D eigenvalue weighted by atomic mass is 16.5. The number of rotatable bonds is 5. The minimum atomic E-state index is -0.975. The molecule has 0 aromatic heterocycles. The van der Waals surface area contributed by atoms with Crippen LogP contribution in [0, 0.1) is 0 Å². The van der Waals surface area contributed by atoms with Gasteiger partial charge in [0.05, 0.1) is 24.6 Å². The number of carbonyl (C=O) groups excluding carboxylic acids is 1. The van der Waals surface area contributed by atoms with Crippen LogP contribution in [-0.2, 0) is 16.0 Å². The van der Waals surface area contributed by atoms with Crippen molar-refractivity contribution in [2.75, 3.05) is 19.8 Å². The van der Waals surface area contributed by atoms with Gasteiger partial charge in [-0.05, 0) is 37.5 Å². The standard InChI is InChI=1S/C16H21NO4/c1-2-17(14-7-4-8-21-11-14)15(18)10-12-5-3-6-13(9-12)16(19)20/h3,5-6,9,14H,2,4,7-8,10-11H2,1H3,(H,19,20). The molecule has 5 heteroatoms.